The minimum absolute atomic E-state index is 0.218. The lowest BCUT2D eigenvalue weighted by atomic mass is 10.0. The van der Waals surface area contributed by atoms with Gasteiger partial charge in [0.25, 0.3) is 5.91 Å². The molecule has 2 rings (SSSR count). The van der Waals surface area contributed by atoms with Crippen molar-refractivity contribution in [2.75, 3.05) is 0 Å². The maximum absolute atomic E-state index is 12.3. The molecule has 0 aromatic heterocycles. The van der Waals surface area contributed by atoms with Crippen LogP contribution in [-0.4, -0.2) is 17.0 Å². The maximum atomic E-state index is 12.3. The molecular formula is C16H13Cl2NO3. The van der Waals surface area contributed by atoms with E-state index in [4.69, 9.17) is 28.3 Å². The lowest BCUT2D eigenvalue weighted by Crippen LogP contribution is -2.30. The first-order chi connectivity index (χ1) is 10.5. The molecule has 0 fully saturated rings. The maximum Gasteiger partial charge on any atom is 0.305 e. The summed E-state index contributed by atoms with van der Waals surface area (Å²) in [5.41, 5.74) is 0.996. The van der Waals surface area contributed by atoms with Gasteiger partial charge in [0.1, 0.15) is 0 Å². The number of amides is 1. The van der Waals surface area contributed by atoms with Crippen LogP contribution in [0.15, 0.2) is 48.5 Å². The molecule has 2 aromatic carbocycles. The third-order valence-corrected chi connectivity index (χ3v) is 3.45. The fourth-order valence-corrected chi connectivity index (χ4v) is 2.56. The topological polar surface area (TPSA) is 66.4 Å². The molecule has 0 radical (unpaired) electrons. The van der Waals surface area contributed by atoms with Crippen LogP contribution < -0.4 is 5.32 Å². The number of carboxylic acid groups (broad SMARTS) is 1. The van der Waals surface area contributed by atoms with E-state index in [9.17, 15) is 9.59 Å². The minimum atomic E-state index is -1.00. The van der Waals surface area contributed by atoms with E-state index in [0.717, 1.165) is 0 Å². The van der Waals surface area contributed by atoms with Crippen molar-refractivity contribution in [3.63, 3.8) is 0 Å². The predicted octanol–water partition coefficient (Wildman–Crippen LogP) is 3.94. The quantitative estimate of drug-likeness (QED) is 0.868. The highest BCUT2D eigenvalue weighted by Gasteiger charge is 2.19. The third kappa shape index (κ3) is 4.48. The zero-order chi connectivity index (χ0) is 16.1. The zero-order valence-corrected chi connectivity index (χ0v) is 12.9. The zero-order valence-electron chi connectivity index (χ0n) is 11.4. The average Bonchev–Trinajstić information content (AvgIpc) is 2.46. The molecule has 0 saturated heterocycles. The van der Waals surface area contributed by atoms with Crippen LogP contribution in [0.4, 0.5) is 0 Å². The molecule has 2 aromatic rings. The summed E-state index contributed by atoms with van der Waals surface area (Å²) in [5.74, 6) is -1.43. The van der Waals surface area contributed by atoms with Crippen LogP contribution in [-0.2, 0) is 4.79 Å². The molecule has 114 valence electrons. The van der Waals surface area contributed by atoms with Gasteiger partial charge < -0.3 is 10.4 Å². The molecule has 0 aliphatic heterocycles. The standard InChI is InChI=1S/C16H13Cl2NO3/c17-12-6-11(7-13(18)8-12)16(22)19-14(9-15(20)21)10-4-2-1-3-5-10/h1-8,14H,9H2,(H,19,22)(H,20,21). The van der Waals surface area contributed by atoms with Crippen molar-refractivity contribution < 1.29 is 14.7 Å². The Morgan fingerprint density at radius 1 is 1.05 bits per heavy atom. The monoisotopic (exact) mass is 337 g/mol. The molecule has 1 atom stereocenters. The van der Waals surface area contributed by atoms with E-state index in [1.54, 1.807) is 24.3 Å². The van der Waals surface area contributed by atoms with E-state index >= 15 is 0 Å². The number of carbonyl (C=O) groups is 2. The molecule has 0 bridgehead atoms. The van der Waals surface area contributed by atoms with Crippen molar-refractivity contribution in [2.24, 2.45) is 0 Å². The van der Waals surface area contributed by atoms with Gasteiger partial charge >= 0.3 is 5.97 Å². The van der Waals surface area contributed by atoms with Crippen molar-refractivity contribution in [2.45, 2.75) is 12.5 Å². The van der Waals surface area contributed by atoms with Gasteiger partial charge in [-0.1, -0.05) is 53.5 Å². The summed E-state index contributed by atoms with van der Waals surface area (Å²) in [7, 11) is 0. The van der Waals surface area contributed by atoms with Gasteiger partial charge in [-0.3, -0.25) is 9.59 Å². The fraction of sp³-hybridized carbons (Fsp3) is 0.125. The number of halogens is 2. The molecule has 22 heavy (non-hydrogen) atoms. The Balaban J connectivity index is 2.23. The number of rotatable bonds is 5. The molecule has 0 heterocycles. The van der Waals surface area contributed by atoms with Crippen molar-refractivity contribution >= 4 is 35.1 Å². The summed E-state index contributed by atoms with van der Waals surface area (Å²) >= 11 is 11.7. The number of aliphatic carboxylic acids is 1. The van der Waals surface area contributed by atoms with Gasteiger partial charge in [-0.2, -0.15) is 0 Å². The lowest BCUT2D eigenvalue weighted by molar-refractivity contribution is -0.137. The van der Waals surface area contributed by atoms with Crippen molar-refractivity contribution in [3.8, 4) is 0 Å². The van der Waals surface area contributed by atoms with E-state index in [0.29, 0.717) is 15.6 Å². The first kappa shape index (κ1) is 16.3. The van der Waals surface area contributed by atoms with Gasteiger partial charge in [0.05, 0.1) is 12.5 Å². The van der Waals surface area contributed by atoms with Gasteiger partial charge in [0.15, 0.2) is 0 Å². The van der Waals surface area contributed by atoms with E-state index in [1.807, 2.05) is 6.07 Å². The normalized spacial score (nSPS) is 11.7. The van der Waals surface area contributed by atoms with E-state index in [2.05, 4.69) is 5.32 Å². The molecule has 1 amide bonds. The SMILES string of the molecule is O=C(O)CC(NC(=O)c1cc(Cl)cc(Cl)c1)c1ccccc1. The second-order valence-electron chi connectivity index (χ2n) is 4.69. The predicted molar refractivity (Wildman–Crippen MR) is 85.4 cm³/mol. The van der Waals surface area contributed by atoms with Gasteiger partial charge in [-0.05, 0) is 23.8 Å². The number of carboxylic acids is 1. The van der Waals surface area contributed by atoms with Crippen LogP contribution in [0, 0.1) is 0 Å². The molecular weight excluding hydrogens is 325 g/mol. The van der Waals surface area contributed by atoms with Crippen molar-refractivity contribution in [3.05, 3.63) is 69.7 Å². The summed E-state index contributed by atoms with van der Waals surface area (Å²) < 4.78 is 0. The van der Waals surface area contributed by atoms with Crippen LogP contribution in [0.1, 0.15) is 28.4 Å². The average molecular weight is 338 g/mol. The molecule has 4 nitrogen and oxygen atoms in total. The highest BCUT2D eigenvalue weighted by molar-refractivity contribution is 6.35. The van der Waals surface area contributed by atoms with Gasteiger partial charge in [0.2, 0.25) is 0 Å². The van der Waals surface area contributed by atoms with Crippen LogP contribution >= 0.6 is 23.2 Å². The second kappa shape index (κ2) is 7.29. The van der Waals surface area contributed by atoms with Crippen LogP contribution in [0.5, 0.6) is 0 Å². The van der Waals surface area contributed by atoms with E-state index in [-0.39, 0.29) is 12.0 Å². The summed E-state index contributed by atoms with van der Waals surface area (Å²) in [5, 5.41) is 12.4. The molecule has 6 heteroatoms. The smallest absolute Gasteiger partial charge is 0.305 e. The van der Waals surface area contributed by atoms with E-state index in [1.165, 1.54) is 18.2 Å². The highest BCUT2D eigenvalue weighted by atomic mass is 35.5. The van der Waals surface area contributed by atoms with Crippen LogP contribution in [0.2, 0.25) is 10.0 Å². The first-order valence-electron chi connectivity index (χ1n) is 6.49. The van der Waals surface area contributed by atoms with E-state index < -0.39 is 17.9 Å². The lowest BCUT2D eigenvalue weighted by Gasteiger charge is -2.17. The number of nitrogens with one attached hydrogen (secondary N) is 1. The minimum Gasteiger partial charge on any atom is -0.481 e. The highest BCUT2D eigenvalue weighted by Crippen LogP contribution is 2.21. The molecule has 0 aliphatic carbocycles. The Morgan fingerprint density at radius 3 is 2.18 bits per heavy atom. The fourth-order valence-electron chi connectivity index (χ4n) is 2.04. The molecule has 0 saturated carbocycles. The van der Waals surface area contributed by atoms with Gasteiger partial charge in [0, 0.05) is 15.6 Å². The van der Waals surface area contributed by atoms with Crippen LogP contribution in [0.25, 0.3) is 0 Å². The molecule has 0 aliphatic rings. The number of hydrogen-bond acceptors (Lipinski definition) is 2. The molecule has 1 unspecified atom stereocenters. The Labute approximate surface area is 137 Å². The van der Waals surface area contributed by atoms with Crippen molar-refractivity contribution in [1.29, 1.82) is 0 Å². The Hall–Kier alpha value is -2.04. The third-order valence-electron chi connectivity index (χ3n) is 3.01. The number of hydrogen-bond donors (Lipinski definition) is 2. The summed E-state index contributed by atoms with van der Waals surface area (Å²) in [4.78, 5) is 23.3. The van der Waals surface area contributed by atoms with Gasteiger partial charge in [-0.15, -0.1) is 0 Å². The Kier molecular flexibility index (Phi) is 5.41. The molecule has 2 N–H and O–H groups in total. The number of carbonyl (C=O) groups excluding carboxylic acids is 1. The number of benzene rings is 2. The van der Waals surface area contributed by atoms with Gasteiger partial charge in [-0.25, -0.2) is 0 Å². The summed E-state index contributed by atoms with van der Waals surface area (Å²) in [6, 6.07) is 12.8. The summed E-state index contributed by atoms with van der Waals surface area (Å²) in [6.45, 7) is 0. The largest absolute Gasteiger partial charge is 0.481 e. The Bertz CT molecular complexity index is 669. The summed E-state index contributed by atoms with van der Waals surface area (Å²) in [6.07, 6.45) is -0.218. The Morgan fingerprint density at radius 2 is 1.64 bits per heavy atom. The molecule has 0 spiro atoms. The van der Waals surface area contributed by atoms with Crippen LogP contribution in [0.3, 0.4) is 0 Å². The van der Waals surface area contributed by atoms with Crippen molar-refractivity contribution in [1.82, 2.24) is 5.32 Å². The first-order valence-corrected chi connectivity index (χ1v) is 7.25. The second-order valence-corrected chi connectivity index (χ2v) is 5.57.